The molecule has 0 aliphatic heterocycles. The molecule has 1 aromatic carbocycles. The Bertz CT molecular complexity index is 557. The minimum atomic E-state index is 0.574. The summed E-state index contributed by atoms with van der Waals surface area (Å²) in [5.41, 5.74) is 0.917. The predicted octanol–water partition coefficient (Wildman–Crippen LogP) is 2.85. The van der Waals surface area contributed by atoms with Crippen LogP contribution in [0.1, 0.15) is 5.89 Å². The lowest BCUT2D eigenvalue weighted by molar-refractivity contribution is 0.198. The lowest BCUT2D eigenvalue weighted by Gasteiger charge is -2.04. The van der Waals surface area contributed by atoms with Crippen molar-refractivity contribution in [1.29, 1.82) is 0 Å². The Balaban J connectivity index is 2.08. The van der Waals surface area contributed by atoms with Crippen molar-refractivity contribution in [2.75, 3.05) is 27.4 Å². The second-order valence-electron chi connectivity index (χ2n) is 4.13. The van der Waals surface area contributed by atoms with E-state index in [-0.39, 0.29) is 0 Å². The van der Waals surface area contributed by atoms with E-state index in [0.29, 0.717) is 24.8 Å². The Morgan fingerprint density at radius 1 is 1.35 bits per heavy atom. The Labute approximate surface area is 126 Å². The molecule has 5 nitrogen and oxygen atoms in total. The van der Waals surface area contributed by atoms with E-state index >= 15 is 0 Å². The smallest absolute Gasteiger partial charge is 0.208 e. The van der Waals surface area contributed by atoms with Crippen LogP contribution in [0.2, 0.25) is 0 Å². The van der Waals surface area contributed by atoms with Crippen LogP contribution >= 0.6 is 15.9 Å². The first-order valence-corrected chi connectivity index (χ1v) is 7.02. The van der Waals surface area contributed by atoms with Crippen molar-refractivity contribution in [3.8, 4) is 17.1 Å². The Hall–Kier alpha value is -1.37. The third kappa shape index (κ3) is 3.82. The minimum absolute atomic E-state index is 0.574. The van der Waals surface area contributed by atoms with E-state index in [9.17, 15) is 0 Å². The van der Waals surface area contributed by atoms with Gasteiger partial charge in [0, 0.05) is 23.7 Å². The molecule has 0 radical (unpaired) electrons. The second-order valence-corrected chi connectivity index (χ2v) is 4.99. The molecule has 20 heavy (non-hydrogen) atoms. The lowest BCUT2D eigenvalue weighted by atomic mass is 10.2. The molecule has 0 saturated heterocycles. The minimum Gasteiger partial charge on any atom is -0.497 e. The van der Waals surface area contributed by atoms with Crippen LogP contribution in [0.25, 0.3) is 11.3 Å². The molecule has 0 aliphatic rings. The van der Waals surface area contributed by atoms with E-state index in [2.05, 4.69) is 26.2 Å². The molecule has 0 spiro atoms. The van der Waals surface area contributed by atoms with Gasteiger partial charge in [-0.3, -0.25) is 0 Å². The van der Waals surface area contributed by atoms with E-state index < -0.39 is 0 Å². The number of ether oxygens (including phenoxy) is 2. The van der Waals surface area contributed by atoms with Crippen molar-refractivity contribution in [3.63, 3.8) is 0 Å². The van der Waals surface area contributed by atoms with E-state index in [0.717, 1.165) is 22.3 Å². The summed E-state index contributed by atoms with van der Waals surface area (Å²) in [6.07, 6.45) is 1.72. The van der Waals surface area contributed by atoms with Crippen LogP contribution in [-0.2, 0) is 11.3 Å². The highest BCUT2D eigenvalue weighted by Crippen LogP contribution is 2.32. The third-order valence-electron chi connectivity index (χ3n) is 2.75. The number of halogens is 1. The molecule has 0 amide bonds. The van der Waals surface area contributed by atoms with Gasteiger partial charge in [0.25, 0.3) is 0 Å². The van der Waals surface area contributed by atoms with Crippen molar-refractivity contribution in [2.24, 2.45) is 0 Å². The van der Waals surface area contributed by atoms with E-state index in [4.69, 9.17) is 13.9 Å². The van der Waals surface area contributed by atoms with Gasteiger partial charge in [0.15, 0.2) is 5.76 Å². The van der Waals surface area contributed by atoms with E-state index in [1.54, 1.807) is 20.4 Å². The molecule has 1 aromatic heterocycles. The van der Waals surface area contributed by atoms with E-state index in [1.165, 1.54) is 0 Å². The van der Waals surface area contributed by atoms with Crippen molar-refractivity contribution in [2.45, 2.75) is 6.54 Å². The largest absolute Gasteiger partial charge is 0.497 e. The Kier molecular flexibility index (Phi) is 5.58. The number of methoxy groups -OCH3 is 2. The van der Waals surface area contributed by atoms with Crippen LogP contribution in [0, 0.1) is 0 Å². The summed E-state index contributed by atoms with van der Waals surface area (Å²) in [5, 5.41) is 3.19. The monoisotopic (exact) mass is 340 g/mol. The van der Waals surface area contributed by atoms with Gasteiger partial charge in [-0.05, 0) is 18.2 Å². The molecular weight excluding hydrogens is 324 g/mol. The summed E-state index contributed by atoms with van der Waals surface area (Å²) in [4.78, 5) is 4.26. The summed E-state index contributed by atoms with van der Waals surface area (Å²) >= 11 is 3.50. The first-order chi connectivity index (χ1) is 9.74. The van der Waals surface area contributed by atoms with Crippen LogP contribution in [0.4, 0.5) is 0 Å². The number of rotatable bonds is 7. The van der Waals surface area contributed by atoms with Gasteiger partial charge in [-0.1, -0.05) is 15.9 Å². The van der Waals surface area contributed by atoms with Crippen LogP contribution in [0.15, 0.2) is 33.3 Å². The highest BCUT2D eigenvalue weighted by atomic mass is 79.9. The molecule has 1 heterocycles. The first kappa shape index (κ1) is 15.0. The van der Waals surface area contributed by atoms with Crippen molar-refractivity contribution < 1.29 is 13.9 Å². The molecule has 2 rings (SSSR count). The van der Waals surface area contributed by atoms with Crippen molar-refractivity contribution in [1.82, 2.24) is 10.3 Å². The molecule has 2 aromatic rings. The van der Waals surface area contributed by atoms with Gasteiger partial charge in [-0.15, -0.1) is 0 Å². The van der Waals surface area contributed by atoms with Gasteiger partial charge >= 0.3 is 0 Å². The molecule has 108 valence electrons. The van der Waals surface area contributed by atoms with Gasteiger partial charge in [0.1, 0.15) is 5.75 Å². The summed E-state index contributed by atoms with van der Waals surface area (Å²) < 4.78 is 16.9. The molecule has 0 aliphatic carbocycles. The summed E-state index contributed by atoms with van der Waals surface area (Å²) in [5.74, 6) is 2.13. The Morgan fingerprint density at radius 3 is 2.95 bits per heavy atom. The number of aromatic nitrogens is 1. The molecular formula is C14H17BrN2O3. The van der Waals surface area contributed by atoms with Crippen LogP contribution in [0.5, 0.6) is 5.75 Å². The first-order valence-electron chi connectivity index (χ1n) is 6.23. The summed E-state index contributed by atoms with van der Waals surface area (Å²) in [7, 11) is 3.31. The summed E-state index contributed by atoms with van der Waals surface area (Å²) in [6, 6.07) is 5.72. The summed E-state index contributed by atoms with van der Waals surface area (Å²) in [6.45, 7) is 2.00. The van der Waals surface area contributed by atoms with Gasteiger partial charge in [0.2, 0.25) is 5.89 Å². The second kappa shape index (κ2) is 7.42. The molecule has 6 heteroatoms. The fourth-order valence-corrected chi connectivity index (χ4v) is 2.15. The average Bonchev–Trinajstić information content (AvgIpc) is 2.93. The number of nitrogens with zero attached hydrogens (tertiary/aromatic N) is 1. The van der Waals surface area contributed by atoms with Crippen molar-refractivity contribution in [3.05, 3.63) is 34.8 Å². The fraction of sp³-hybridized carbons (Fsp3) is 0.357. The normalized spacial score (nSPS) is 10.8. The SMILES string of the molecule is COCCNCc1ncc(-c2cc(OC)ccc2Br)o1. The predicted molar refractivity (Wildman–Crippen MR) is 79.8 cm³/mol. The quantitative estimate of drug-likeness (QED) is 0.785. The highest BCUT2D eigenvalue weighted by Gasteiger charge is 2.10. The highest BCUT2D eigenvalue weighted by molar-refractivity contribution is 9.10. The standard InChI is InChI=1S/C14H17BrN2O3/c1-18-6-5-16-9-14-17-8-13(20-14)11-7-10(19-2)3-4-12(11)15/h3-4,7-8,16H,5-6,9H2,1-2H3. The molecule has 0 unspecified atom stereocenters. The van der Waals surface area contributed by atoms with Gasteiger partial charge < -0.3 is 19.2 Å². The zero-order valence-electron chi connectivity index (χ0n) is 11.5. The number of oxazole rings is 1. The molecule has 0 bridgehead atoms. The molecule has 0 saturated carbocycles. The Morgan fingerprint density at radius 2 is 2.20 bits per heavy atom. The maximum Gasteiger partial charge on any atom is 0.208 e. The van der Waals surface area contributed by atoms with E-state index in [1.807, 2.05) is 18.2 Å². The fourth-order valence-electron chi connectivity index (χ4n) is 1.71. The van der Waals surface area contributed by atoms with Crippen LogP contribution in [0.3, 0.4) is 0 Å². The molecule has 0 fully saturated rings. The van der Waals surface area contributed by atoms with Crippen LogP contribution in [-0.4, -0.2) is 32.4 Å². The molecule has 0 atom stereocenters. The maximum atomic E-state index is 5.73. The number of hydrogen-bond donors (Lipinski definition) is 1. The van der Waals surface area contributed by atoms with Crippen molar-refractivity contribution >= 4 is 15.9 Å². The average molecular weight is 341 g/mol. The zero-order valence-corrected chi connectivity index (χ0v) is 13.1. The zero-order chi connectivity index (χ0) is 14.4. The van der Waals surface area contributed by atoms with Crippen LogP contribution < -0.4 is 10.1 Å². The number of nitrogens with one attached hydrogen (secondary N) is 1. The topological polar surface area (TPSA) is 56.5 Å². The number of benzene rings is 1. The van der Waals surface area contributed by atoms with Gasteiger partial charge in [0.05, 0.1) is 26.5 Å². The maximum absolute atomic E-state index is 5.73. The van der Waals surface area contributed by atoms with Gasteiger partial charge in [-0.25, -0.2) is 4.98 Å². The number of hydrogen-bond acceptors (Lipinski definition) is 5. The lowest BCUT2D eigenvalue weighted by Crippen LogP contribution is -2.18. The third-order valence-corrected chi connectivity index (χ3v) is 3.44. The van der Waals surface area contributed by atoms with Gasteiger partial charge in [-0.2, -0.15) is 0 Å². The molecule has 1 N–H and O–H groups in total.